The third-order valence-electron chi connectivity index (χ3n) is 1.80. The Morgan fingerprint density at radius 3 is 3.19 bits per heavy atom. The molecule has 0 spiro atoms. The number of carbonyl (C=O) groups excluding carboxylic acids is 1. The summed E-state index contributed by atoms with van der Waals surface area (Å²) in [6, 6.07) is -0.546. The topological polar surface area (TPSA) is 91.2 Å². The lowest BCUT2D eigenvalue weighted by Crippen LogP contribution is -2.32. The van der Waals surface area contributed by atoms with Gasteiger partial charge in [-0.1, -0.05) is 5.16 Å². The van der Waals surface area contributed by atoms with Gasteiger partial charge in [-0.15, -0.1) is 0 Å². The van der Waals surface area contributed by atoms with Gasteiger partial charge in [-0.25, -0.2) is 0 Å². The number of hydrogen-bond acceptors (Lipinski definition) is 7. The molecule has 16 heavy (non-hydrogen) atoms. The maximum absolute atomic E-state index is 11.2. The van der Waals surface area contributed by atoms with Crippen LogP contribution in [0.4, 0.5) is 0 Å². The zero-order chi connectivity index (χ0) is 11.8. The standard InChI is InChI=1S/C9H15N3O3S/c1-2-14-9(13)7(10)3-4-16-5-8-11-6-12-15-8/h6-7H,2-5,10H2,1H3. The highest BCUT2D eigenvalue weighted by atomic mass is 32.2. The van der Waals surface area contributed by atoms with E-state index in [9.17, 15) is 4.79 Å². The van der Waals surface area contributed by atoms with Gasteiger partial charge in [-0.2, -0.15) is 16.7 Å². The van der Waals surface area contributed by atoms with Crippen LogP contribution in [0, 0.1) is 0 Å². The summed E-state index contributed by atoms with van der Waals surface area (Å²) in [6.45, 7) is 2.12. The predicted octanol–water partition coefficient (Wildman–Crippen LogP) is 0.583. The maximum Gasteiger partial charge on any atom is 0.322 e. The summed E-state index contributed by atoms with van der Waals surface area (Å²) in [5, 5.41) is 3.49. The summed E-state index contributed by atoms with van der Waals surface area (Å²) in [7, 11) is 0. The van der Waals surface area contributed by atoms with E-state index in [-0.39, 0.29) is 5.97 Å². The van der Waals surface area contributed by atoms with Crippen LogP contribution in [0.2, 0.25) is 0 Å². The van der Waals surface area contributed by atoms with Crippen molar-refractivity contribution < 1.29 is 14.1 Å². The Morgan fingerprint density at radius 2 is 2.56 bits per heavy atom. The largest absolute Gasteiger partial charge is 0.465 e. The lowest BCUT2D eigenvalue weighted by Gasteiger charge is -2.09. The molecule has 0 amide bonds. The van der Waals surface area contributed by atoms with E-state index < -0.39 is 6.04 Å². The van der Waals surface area contributed by atoms with Gasteiger partial charge in [0.1, 0.15) is 6.04 Å². The van der Waals surface area contributed by atoms with Gasteiger partial charge in [-0.05, 0) is 19.1 Å². The van der Waals surface area contributed by atoms with Crippen molar-refractivity contribution in [2.24, 2.45) is 5.73 Å². The minimum Gasteiger partial charge on any atom is -0.465 e. The average molecular weight is 245 g/mol. The Balaban J connectivity index is 2.08. The molecule has 0 aliphatic carbocycles. The van der Waals surface area contributed by atoms with Gasteiger partial charge in [0.05, 0.1) is 12.4 Å². The maximum atomic E-state index is 11.2. The fraction of sp³-hybridized carbons (Fsp3) is 0.667. The molecule has 1 aromatic rings. The fourth-order valence-corrected chi connectivity index (χ4v) is 1.86. The van der Waals surface area contributed by atoms with Crippen molar-refractivity contribution in [3.8, 4) is 0 Å². The highest BCUT2D eigenvalue weighted by molar-refractivity contribution is 7.98. The molecule has 7 heteroatoms. The second-order valence-corrected chi connectivity index (χ2v) is 4.14. The molecule has 1 atom stereocenters. The van der Waals surface area contributed by atoms with E-state index >= 15 is 0 Å². The van der Waals surface area contributed by atoms with Gasteiger partial charge in [0.2, 0.25) is 5.89 Å². The van der Waals surface area contributed by atoms with Crippen LogP contribution < -0.4 is 5.73 Å². The molecular formula is C9H15N3O3S. The second kappa shape index (κ2) is 7.24. The summed E-state index contributed by atoms with van der Waals surface area (Å²) >= 11 is 1.59. The van der Waals surface area contributed by atoms with Crippen LogP contribution >= 0.6 is 11.8 Å². The number of nitrogens with two attached hydrogens (primary N) is 1. The van der Waals surface area contributed by atoms with Gasteiger partial charge in [0, 0.05) is 0 Å². The minimum atomic E-state index is -0.546. The molecule has 0 fully saturated rings. The van der Waals surface area contributed by atoms with Crippen LogP contribution in [0.25, 0.3) is 0 Å². The van der Waals surface area contributed by atoms with Crippen LogP contribution in [0.5, 0.6) is 0 Å². The summed E-state index contributed by atoms with van der Waals surface area (Å²) < 4.78 is 9.61. The number of rotatable bonds is 7. The normalized spacial score (nSPS) is 12.4. The number of thioether (sulfide) groups is 1. The third kappa shape index (κ3) is 4.63. The molecule has 0 saturated carbocycles. The molecule has 90 valence electrons. The first-order chi connectivity index (χ1) is 7.74. The van der Waals surface area contributed by atoms with Crippen LogP contribution in [-0.2, 0) is 15.3 Å². The molecule has 2 N–H and O–H groups in total. The first-order valence-electron chi connectivity index (χ1n) is 4.99. The molecule has 0 saturated heterocycles. The van der Waals surface area contributed by atoms with Crippen molar-refractivity contribution in [2.45, 2.75) is 25.1 Å². The van der Waals surface area contributed by atoms with E-state index in [0.717, 1.165) is 5.75 Å². The van der Waals surface area contributed by atoms with Crippen LogP contribution in [0.15, 0.2) is 10.9 Å². The highest BCUT2D eigenvalue weighted by Gasteiger charge is 2.13. The van der Waals surface area contributed by atoms with Crippen LogP contribution in [0.1, 0.15) is 19.2 Å². The monoisotopic (exact) mass is 245 g/mol. The fourth-order valence-electron chi connectivity index (χ4n) is 0.996. The zero-order valence-electron chi connectivity index (χ0n) is 9.09. The Hall–Kier alpha value is -1.08. The average Bonchev–Trinajstić information content (AvgIpc) is 2.77. The molecule has 1 rings (SSSR count). The van der Waals surface area contributed by atoms with Crippen molar-refractivity contribution in [3.63, 3.8) is 0 Å². The second-order valence-electron chi connectivity index (χ2n) is 3.03. The van der Waals surface area contributed by atoms with Crippen molar-refractivity contribution in [1.29, 1.82) is 0 Å². The van der Waals surface area contributed by atoms with Crippen molar-refractivity contribution >= 4 is 17.7 Å². The van der Waals surface area contributed by atoms with Gasteiger partial charge in [-0.3, -0.25) is 4.79 Å². The molecule has 0 aromatic carbocycles. The number of aromatic nitrogens is 2. The Bertz CT molecular complexity index is 305. The predicted molar refractivity (Wildman–Crippen MR) is 59.7 cm³/mol. The lowest BCUT2D eigenvalue weighted by molar-refractivity contribution is -0.144. The molecular weight excluding hydrogens is 230 g/mol. The SMILES string of the molecule is CCOC(=O)C(N)CCSCc1ncno1. The van der Waals surface area contributed by atoms with Crippen molar-refractivity contribution in [3.05, 3.63) is 12.2 Å². The van der Waals surface area contributed by atoms with E-state index in [1.807, 2.05) is 0 Å². The number of hydrogen-bond donors (Lipinski definition) is 1. The molecule has 6 nitrogen and oxygen atoms in total. The number of carbonyl (C=O) groups is 1. The van der Waals surface area contributed by atoms with Crippen LogP contribution in [-0.4, -0.2) is 34.5 Å². The minimum absolute atomic E-state index is 0.346. The van der Waals surface area contributed by atoms with Gasteiger partial charge < -0.3 is 15.0 Å². The summed E-state index contributed by atoms with van der Waals surface area (Å²) in [4.78, 5) is 15.0. The molecule has 0 bridgehead atoms. The number of ether oxygens (including phenoxy) is 1. The van der Waals surface area contributed by atoms with Gasteiger partial charge >= 0.3 is 5.97 Å². The summed E-state index contributed by atoms with van der Waals surface area (Å²) in [6.07, 6.45) is 1.94. The smallest absolute Gasteiger partial charge is 0.322 e. The Kier molecular flexibility index (Phi) is 5.87. The van der Waals surface area contributed by atoms with Crippen molar-refractivity contribution in [2.75, 3.05) is 12.4 Å². The van der Waals surface area contributed by atoms with Gasteiger partial charge in [0.25, 0.3) is 0 Å². The van der Waals surface area contributed by atoms with E-state index in [1.54, 1.807) is 18.7 Å². The van der Waals surface area contributed by atoms with Crippen molar-refractivity contribution in [1.82, 2.24) is 10.1 Å². The molecule has 1 unspecified atom stereocenters. The zero-order valence-corrected chi connectivity index (χ0v) is 9.90. The highest BCUT2D eigenvalue weighted by Crippen LogP contribution is 2.11. The first kappa shape index (κ1) is 13.0. The summed E-state index contributed by atoms with van der Waals surface area (Å²) in [5.74, 6) is 1.62. The first-order valence-corrected chi connectivity index (χ1v) is 6.15. The summed E-state index contributed by atoms with van der Waals surface area (Å²) in [5.41, 5.74) is 5.62. The quantitative estimate of drug-likeness (QED) is 0.555. The molecule has 1 aromatic heterocycles. The Labute approximate surface area is 97.9 Å². The molecule has 0 aliphatic rings. The Morgan fingerprint density at radius 1 is 1.75 bits per heavy atom. The third-order valence-corrected chi connectivity index (χ3v) is 2.77. The number of esters is 1. The van der Waals surface area contributed by atoms with Gasteiger partial charge in [0.15, 0.2) is 6.33 Å². The van der Waals surface area contributed by atoms with E-state index in [2.05, 4.69) is 10.1 Å². The van der Waals surface area contributed by atoms with E-state index in [1.165, 1.54) is 6.33 Å². The molecule has 0 aliphatic heterocycles. The lowest BCUT2D eigenvalue weighted by atomic mass is 10.2. The van der Waals surface area contributed by atoms with E-state index in [4.69, 9.17) is 15.0 Å². The number of nitrogens with zero attached hydrogens (tertiary/aromatic N) is 2. The molecule has 0 radical (unpaired) electrons. The van der Waals surface area contributed by atoms with Crippen LogP contribution in [0.3, 0.4) is 0 Å². The molecule has 1 heterocycles. The van der Waals surface area contributed by atoms with E-state index in [0.29, 0.717) is 24.7 Å².